The van der Waals surface area contributed by atoms with Gasteiger partial charge in [0.25, 0.3) is 0 Å². The largest absolute Gasteiger partial charge is 0.420 e. The van der Waals surface area contributed by atoms with Crippen molar-refractivity contribution < 1.29 is 4.42 Å². The van der Waals surface area contributed by atoms with Crippen molar-refractivity contribution in [2.75, 3.05) is 0 Å². The van der Waals surface area contributed by atoms with E-state index < -0.39 is 0 Å². The van der Waals surface area contributed by atoms with Crippen LogP contribution in [0.4, 0.5) is 0 Å². The van der Waals surface area contributed by atoms with Gasteiger partial charge in [0.2, 0.25) is 0 Å². The normalized spacial score (nSPS) is 12.3. The minimum atomic E-state index is -0.347. The van der Waals surface area contributed by atoms with E-state index in [-0.39, 0.29) is 11.3 Å². The number of hydrogen-bond donors (Lipinski definition) is 0. The fourth-order valence-electron chi connectivity index (χ4n) is 1.62. The molecule has 0 fully saturated rings. The number of rotatable bonds is 0. The van der Waals surface area contributed by atoms with Crippen molar-refractivity contribution in [2.24, 2.45) is 0 Å². The topological polar surface area (TPSA) is 35.1 Å². The molecule has 2 aromatic rings. The molecule has 3 nitrogen and oxygen atoms in total. The molecule has 0 bridgehead atoms. The van der Waals surface area contributed by atoms with Gasteiger partial charge in [-0.3, -0.25) is 4.57 Å². The van der Waals surface area contributed by atoms with Crippen LogP contribution in [0, 0.1) is 0 Å². The monoisotopic (exact) mass is 225 g/mol. The molecule has 0 radical (unpaired) electrons. The molecule has 0 amide bonds. The van der Waals surface area contributed by atoms with Gasteiger partial charge in [-0.05, 0) is 39.0 Å². The molecule has 15 heavy (non-hydrogen) atoms. The number of halogens is 1. The average molecular weight is 226 g/mol. The summed E-state index contributed by atoms with van der Waals surface area (Å²) in [6.45, 7) is 5.85. The molecule has 80 valence electrons. The average Bonchev–Trinajstić information content (AvgIpc) is 2.38. The second-order valence-corrected chi connectivity index (χ2v) is 4.92. The molecule has 1 heterocycles. The highest BCUT2D eigenvalue weighted by atomic mass is 35.5. The van der Waals surface area contributed by atoms with Crippen LogP contribution in [0.3, 0.4) is 0 Å². The van der Waals surface area contributed by atoms with Crippen LogP contribution in [0.5, 0.6) is 0 Å². The minimum Gasteiger partial charge on any atom is -0.408 e. The van der Waals surface area contributed by atoms with E-state index in [9.17, 15) is 4.79 Å². The Hall–Kier alpha value is -1.22. The quantitative estimate of drug-likeness (QED) is 0.691. The highest BCUT2D eigenvalue weighted by Gasteiger charge is 2.20. The van der Waals surface area contributed by atoms with E-state index in [1.807, 2.05) is 20.8 Å². The first-order chi connectivity index (χ1) is 6.89. The fraction of sp³-hybridized carbons (Fsp3) is 0.364. The lowest BCUT2D eigenvalue weighted by atomic mass is 10.1. The fourth-order valence-corrected chi connectivity index (χ4v) is 1.79. The third-order valence-electron chi connectivity index (χ3n) is 2.21. The molecule has 4 heteroatoms. The van der Waals surface area contributed by atoms with E-state index in [0.29, 0.717) is 10.6 Å². The molecule has 0 spiro atoms. The maximum Gasteiger partial charge on any atom is 0.420 e. The third-order valence-corrected chi connectivity index (χ3v) is 2.45. The SMILES string of the molecule is CC(C)(C)n1c(=O)oc2ccc(Cl)cc21. The Morgan fingerprint density at radius 3 is 2.60 bits per heavy atom. The summed E-state index contributed by atoms with van der Waals surface area (Å²) < 4.78 is 6.73. The minimum absolute atomic E-state index is 0.312. The van der Waals surface area contributed by atoms with Crippen LogP contribution >= 0.6 is 11.6 Å². The van der Waals surface area contributed by atoms with Crippen LogP contribution in [-0.2, 0) is 5.54 Å². The third kappa shape index (κ3) is 1.67. The lowest BCUT2D eigenvalue weighted by Gasteiger charge is -2.19. The van der Waals surface area contributed by atoms with Gasteiger partial charge in [-0.25, -0.2) is 4.79 Å². The lowest BCUT2D eigenvalue weighted by molar-refractivity contribution is 0.363. The lowest BCUT2D eigenvalue weighted by Crippen LogP contribution is -2.30. The summed E-state index contributed by atoms with van der Waals surface area (Å²) in [4.78, 5) is 11.6. The zero-order chi connectivity index (χ0) is 11.2. The Morgan fingerprint density at radius 2 is 2.00 bits per heavy atom. The molecule has 2 rings (SSSR count). The summed E-state index contributed by atoms with van der Waals surface area (Å²) in [5, 5.41) is 0.598. The van der Waals surface area contributed by atoms with Gasteiger partial charge in [0.1, 0.15) is 0 Å². The van der Waals surface area contributed by atoms with Crippen LogP contribution < -0.4 is 5.76 Å². The predicted molar refractivity (Wildman–Crippen MR) is 60.5 cm³/mol. The number of oxazole rings is 1. The smallest absolute Gasteiger partial charge is 0.408 e. The Balaban J connectivity index is 2.89. The number of nitrogens with zero attached hydrogens (tertiary/aromatic N) is 1. The van der Waals surface area contributed by atoms with Crippen LogP contribution in [0.25, 0.3) is 11.1 Å². The first kappa shape index (κ1) is 10.3. The van der Waals surface area contributed by atoms with Crippen molar-refractivity contribution in [1.29, 1.82) is 0 Å². The number of fused-ring (bicyclic) bond motifs is 1. The Morgan fingerprint density at radius 1 is 1.33 bits per heavy atom. The van der Waals surface area contributed by atoms with Gasteiger partial charge in [0.05, 0.1) is 5.52 Å². The zero-order valence-corrected chi connectivity index (χ0v) is 9.63. The number of aromatic nitrogens is 1. The molecule has 0 saturated carbocycles. The maximum absolute atomic E-state index is 11.6. The van der Waals surface area contributed by atoms with Crippen LogP contribution in [0.1, 0.15) is 20.8 Å². The van der Waals surface area contributed by atoms with Crippen LogP contribution in [0.15, 0.2) is 27.4 Å². The van der Waals surface area contributed by atoms with E-state index >= 15 is 0 Å². The summed E-state index contributed by atoms with van der Waals surface area (Å²) >= 11 is 5.89. The van der Waals surface area contributed by atoms with Gasteiger partial charge in [-0.15, -0.1) is 0 Å². The molecule has 1 aromatic carbocycles. The van der Waals surface area contributed by atoms with E-state index in [4.69, 9.17) is 16.0 Å². The van der Waals surface area contributed by atoms with Crippen LogP contribution in [0.2, 0.25) is 5.02 Å². The molecule has 0 saturated heterocycles. The van der Waals surface area contributed by atoms with Gasteiger partial charge in [-0.1, -0.05) is 11.6 Å². The highest BCUT2D eigenvalue weighted by molar-refractivity contribution is 6.31. The highest BCUT2D eigenvalue weighted by Crippen LogP contribution is 2.23. The van der Waals surface area contributed by atoms with Crippen molar-refractivity contribution >= 4 is 22.7 Å². The number of benzene rings is 1. The van der Waals surface area contributed by atoms with Gasteiger partial charge in [-0.2, -0.15) is 0 Å². The molecule has 0 N–H and O–H groups in total. The van der Waals surface area contributed by atoms with E-state index in [2.05, 4.69) is 0 Å². The second kappa shape index (κ2) is 3.14. The predicted octanol–water partition coefficient (Wildman–Crippen LogP) is 3.00. The van der Waals surface area contributed by atoms with Crippen molar-refractivity contribution in [3.8, 4) is 0 Å². The Bertz CT molecular complexity index is 560. The summed E-state index contributed by atoms with van der Waals surface area (Å²) in [5.41, 5.74) is 0.992. The molecule has 0 aliphatic carbocycles. The Kier molecular flexibility index (Phi) is 2.15. The second-order valence-electron chi connectivity index (χ2n) is 4.49. The van der Waals surface area contributed by atoms with E-state index in [1.165, 1.54) is 0 Å². The summed E-state index contributed by atoms with van der Waals surface area (Å²) in [6.07, 6.45) is 0. The first-order valence-electron chi connectivity index (χ1n) is 4.71. The molecular formula is C11H12ClNO2. The van der Waals surface area contributed by atoms with Crippen molar-refractivity contribution in [1.82, 2.24) is 4.57 Å². The maximum atomic E-state index is 11.6. The van der Waals surface area contributed by atoms with Crippen molar-refractivity contribution in [3.63, 3.8) is 0 Å². The number of hydrogen-bond acceptors (Lipinski definition) is 2. The molecule has 0 aliphatic heterocycles. The molecule has 0 unspecified atom stereocenters. The first-order valence-corrected chi connectivity index (χ1v) is 5.09. The van der Waals surface area contributed by atoms with Gasteiger partial charge < -0.3 is 4.42 Å². The standard InChI is InChI=1S/C11H12ClNO2/c1-11(2,3)13-8-6-7(12)4-5-9(8)15-10(13)14/h4-6H,1-3H3. The van der Waals surface area contributed by atoms with Gasteiger partial charge in [0, 0.05) is 10.6 Å². The van der Waals surface area contributed by atoms with Gasteiger partial charge >= 0.3 is 5.76 Å². The molecule has 0 atom stereocenters. The summed E-state index contributed by atoms with van der Waals surface area (Å²) in [5.74, 6) is -0.347. The summed E-state index contributed by atoms with van der Waals surface area (Å²) in [6, 6.07) is 5.16. The van der Waals surface area contributed by atoms with Gasteiger partial charge in [0.15, 0.2) is 5.58 Å². The molecule has 1 aromatic heterocycles. The summed E-state index contributed by atoms with van der Waals surface area (Å²) in [7, 11) is 0. The van der Waals surface area contributed by atoms with Crippen molar-refractivity contribution in [2.45, 2.75) is 26.3 Å². The molecular weight excluding hydrogens is 214 g/mol. The molecule has 0 aliphatic rings. The zero-order valence-electron chi connectivity index (χ0n) is 8.87. The Labute approximate surface area is 92.3 Å². The van der Waals surface area contributed by atoms with Crippen LogP contribution in [-0.4, -0.2) is 4.57 Å². The van der Waals surface area contributed by atoms with E-state index in [0.717, 1.165) is 5.52 Å². The van der Waals surface area contributed by atoms with E-state index in [1.54, 1.807) is 22.8 Å². The van der Waals surface area contributed by atoms with Crippen molar-refractivity contribution in [3.05, 3.63) is 33.8 Å².